The van der Waals surface area contributed by atoms with Crippen LogP contribution in [0.4, 0.5) is 0 Å². The Morgan fingerprint density at radius 1 is 1.39 bits per heavy atom. The largest absolute Gasteiger partial charge is 0.480 e. The molecule has 0 spiro atoms. The van der Waals surface area contributed by atoms with Crippen LogP contribution in [0, 0.1) is 0 Å². The molecule has 0 aliphatic heterocycles. The Morgan fingerprint density at radius 2 is 2.00 bits per heavy atom. The summed E-state index contributed by atoms with van der Waals surface area (Å²) < 4.78 is 10.8. The molecule has 0 bridgehead atoms. The summed E-state index contributed by atoms with van der Waals surface area (Å²) in [6, 6.07) is 0.338. The molecule has 0 amide bonds. The van der Waals surface area contributed by atoms with Crippen molar-refractivity contribution in [3.05, 3.63) is 0 Å². The van der Waals surface area contributed by atoms with Crippen molar-refractivity contribution in [3.63, 3.8) is 0 Å². The second kappa shape index (κ2) is 5.99. The summed E-state index contributed by atoms with van der Waals surface area (Å²) in [6.45, 7) is 6.31. The van der Waals surface area contributed by atoms with E-state index in [1.54, 1.807) is 14.0 Å². The van der Waals surface area contributed by atoms with Crippen LogP contribution in [0.15, 0.2) is 0 Å². The average Bonchev–Trinajstić information content (AvgIpc) is 3.08. The molecule has 1 aliphatic rings. The van der Waals surface area contributed by atoms with Crippen molar-refractivity contribution in [1.29, 1.82) is 0 Å². The first kappa shape index (κ1) is 15.4. The zero-order valence-corrected chi connectivity index (χ0v) is 11.8. The van der Waals surface area contributed by atoms with Gasteiger partial charge in [-0.3, -0.25) is 10.1 Å². The number of carboxylic acids is 1. The molecule has 1 aliphatic carbocycles. The van der Waals surface area contributed by atoms with Gasteiger partial charge in [0.2, 0.25) is 0 Å². The summed E-state index contributed by atoms with van der Waals surface area (Å²) in [5, 5.41) is 12.4. The molecule has 0 saturated heterocycles. The minimum atomic E-state index is -0.988. The van der Waals surface area contributed by atoms with Gasteiger partial charge in [-0.15, -0.1) is 0 Å². The quantitative estimate of drug-likeness (QED) is 0.613. The first-order valence-electron chi connectivity index (χ1n) is 6.43. The maximum atomic E-state index is 11.3. The van der Waals surface area contributed by atoms with Gasteiger partial charge in [0.15, 0.2) is 0 Å². The summed E-state index contributed by atoms with van der Waals surface area (Å²) in [7, 11) is 1.66. The van der Waals surface area contributed by atoms with Crippen molar-refractivity contribution in [2.75, 3.05) is 20.3 Å². The normalized spacial score (nSPS) is 19.6. The molecular weight excluding hydrogens is 234 g/mol. The van der Waals surface area contributed by atoms with E-state index >= 15 is 0 Å². The van der Waals surface area contributed by atoms with Crippen molar-refractivity contribution in [2.24, 2.45) is 0 Å². The third-order valence-corrected chi connectivity index (χ3v) is 3.36. The van der Waals surface area contributed by atoms with Crippen LogP contribution in [0.1, 0.15) is 40.0 Å². The highest BCUT2D eigenvalue weighted by molar-refractivity contribution is 5.78. The van der Waals surface area contributed by atoms with E-state index in [1.807, 2.05) is 13.8 Å². The van der Waals surface area contributed by atoms with E-state index in [0.29, 0.717) is 12.6 Å². The van der Waals surface area contributed by atoms with Gasteiger partial charge in [0, 0.05) is 19.8 Å². The number of rotatable bonds is 9. The van der Waals surface area contributed by atoms with Gasteiger partial charge in [-0.2, -0.15) is 0 Å². The smallest absolute Gasteiger partial charge is 0.326 e. The Labute approximate surface area is 109 Å². The van der Waals surface area contributed by atoms with Gasteiger partial charge in [-0.25, -0.2) is 0 Å². The zero-order valence-electron chi connectivity index (χ0n) is 11.8. The number of aliphatic carboxylic acids is 1. The van der Waals surface area contributed by atoms with E-state index in [9.17, 15) is 9.90 Å². The highest BCUT2D eigenvalue weighted by atomic mass is 16.5. The van der Waals surface area contributed by atoms with E-state index in [1.165, 1.54) is 0 Å². The van der Waals surface area contributed by atoms with Crippen LogP contribution in [-0.2, 0) is 14.3 Å². The highest BCUT2D eigenvalue weighted by Gasteiger charge is 2.38. The molecule has 5 heteroatoms. The molecular formula is C13H25NO4. The number of ether oxygens (including phenoxy) is 2. The van der Waals surface area contributed by atoms with E-state index in [4.69, 9.17) is 9.47 Å². The zero-order chi connectivity index (χ0) is 13.8. The van der Waals surface area contributed by atoms with Crippen molar-refractivity contribution < 1.29 is 19.4 Å². The van der Waals surface area contributed by atoms with Crippen LogP contribution in [0.2, 0.25) is 0 Å². The van der Waals surface area contributed by atoms with E-state index in [-0.39, 0.29) is 12.2 Å². The van der Waals surface area contributed by atoms with Gasteiger partial charge in [0.25, 0.3) is 0 Å². The minimum absolute atomic E-state index is 0.179. The Balaban J connectivity index is 2.31. The summed E-state index contributed by atoms with van der Waals surface area (Å²) in [4.78, 5) is 11.3. The van der Waals surface area contributed by atoms with Crippen molar-refractivity contribution in [3.8, 4) is 0 Å². The number of carbonyl (C=O) groups is 1. The number of carboxylic acid groups (broad SMARTS) is 1. The maximum absolute atomic E-state index is 11.3. The third-order valence-electron chi connectivity index (χ3n) is 3.36. The second-order valence-corrected chi connectivity index (χ2v) is 5.82. The molecule has 1 unspecified atom stereocenters. The molecule has 18 heavy (non-hydrogen) atoms. The third kappa shape index (κ3) is 4.92. The Kier molecular flexibility index (Phi) is 5.13. The number of hydrogen-bond acceptors (Lipinski definition) is 4. The van der Waals surface area contributed by atoms with Gasteiger partial charge in [0.05, 0.1) is 12.2 Å². The lowest BCUT2D eigenvalue weighted by Crippen LogP contribution is -2.54. The SMILES string of the molecule is COC(C)(C)CCOCC(C)(NC1CC1)C(=O)O. The van der Waals surface area contributed by atoms with E-state index in [2.05, 4.69) is 5.32 Å². The first-order valence-corrected chi connectivity index (χ1v) is 6.43. The molecule has 0 aromatic heterocycles. The van der Waals surface area contributed by atoms with Gasteiger partial charge in [0.1, 0.15) is 5.54 Å². The van der Waals surface area contributed by atoms with Crippen molar-refractivity contribution in [2.45, 2.75) is 57.2 Å². The molecule has 5 nitrogen and oxygen atoms in total. The maximum Gasteiger partial charge on any atom is 0.326 e. The Hall–Kier alpha value is -0.650. The van der Waals surface area contributed by atoms with Gasteiger partial charge >= 0.3 is 5.97 Å². The van der Waals surface area contributed by atoms with Gasteiger partial charge in [-0.1, -0.05) is 0 Å². The second-order valence-electron chi connectivity index (χ2n) is 5.82. The number of methoxy groups -OCH3 is 1. The lowest BCUT2D eigenvalue weighted by atomic mass is 10.0. The molecule has 0 aromatic rings. The fourth-order valence-corrected chi connectivity index (χ4v) is 1.54. The van der Waals surface area contributed by atoms with Crippen LogP contribution in [0.5, 0.6) is 0 Å². The Bertz CT molecular complexity index is 289. The van der Waals surface area contributed by atoms with Crippen LogP contribution < -0.4 is 5.32 Å². The fraction of sp³-hybridized carbons (Fsp3) is 0.923. The lowest BCUT2D eigenvalue weighted by Gasteiger charge is -2.27. The Morgan fingerprint density at radius 3 is 2.44 bits per heavy atom. The summed E-state index contributed by atoms with van der Waals surface area (Å²) in [6.07, 6.45) is 2.85. The molecule has 1 rings (SSSR count). The summed E-state index contributed by atoms with van der Waals surface area (Å²) >= 11 is 0. The molecule has 2 N–H and O–H groups in total. The van der Waals surface area contributed by atoms with Gasteiger partial charge < -0.3 is 14.6 Å². The average molecular weight is 259 g/mol. The molecule has 1 fully saturated rings. The predicted octanol–water partition coefficient (Wildman–Crippen LogP) is 1.41. The molecule has 1 saturated carbocycles. The molecule has 106 valence electrons. The van der Waals surface area contributed by atoms with E-state index in [0.717, 1.165) is 19.3 Å². The monoisotopic (exact) mass is 259 g/mol. The summed E-state index contributed by atoms with van der Waals surface area (Å²) in [5.74, 6) is -0.861. The van der Waals surface area contributed by atoms with Crippen molar-refractivity contribution in [1.82, 2.24) is 5.32 Å². The highest BCUT2D eigenvalue weighted by Crippen LogP contribution is 2.23. The molecule has 1 atom stereocenters. The van der Waals surface area contributed by atoms with Gasteiger partial charge in [-0.05, 0) is 40.0 Å². The molecule has 0 radical (unpaired) electrons. The standard InChI is InChI=1S/C13H25NO4/c1-12(2,17-4)7-8-18-9-13(3,11(15)16)14-10-5-6-10/h10,14H,5-9H2,1-4H3,(H,15,16). The summed E-state index contributed by atoms with van der Waals surface area (Å²) in [5.41, 5.74) is -1.22. The minimum Gasteiger partial charge on any atom is -0.480 e. The van der Waals surface area contributed by atoms with Crippen molar-refractivity contribution >= 4 is 5.97 Å². The lowest BCUT2D eigenvalue weighted by molar-refractivity contribution is -0.147. The predicted molar refractivity (Wildman–Crippen MR) is 68.7 cm³/mol. The van der Waals surface area contributed by atoms with E-state index < -0.39 is 11.5 Å². The number of nitrogens with one attached hydrogen (secondary N) is 1. The van der Waals surface area contributed by atoms with Crippen LogP contribution in [0.3, 0.4) is 0 Å². The topological polar surface area (TPSA) is 67.8 Å². The number of hydrogen-bond donors (Lipinski definition) is 2. The molecule has 0 heterocycles. The molecule has 0 aromatic carbocycles. The fourth-order valence-electron chi connectivity index (χ4n) is 1.54. The van der Waals surface area contributed by atoms with Crippen LogP contribution in [-0.4, -0.2) is 48.6 Å². The van der Waals surface area contributed by atoms with Crippen LogP contribution >= 0.6 is 0 Å². The first-order chi connectivity index (χ1) is 8.29. The van der Waals surface area contributed by atoms with Crippen LogP contribution in [0.25, 0.3) is 0 Å².